The highest BCUT2D eigenvalue weighted by Crippen LogP contribution is 2.45. The van der Waals surface area contributed by atoms with E-state index in [-0.39, 0.29) is 23.8 Å². The third-order valence-corrected chi connectivity index (χ3v) is 4.68. The third kappa shape index (κ3) is 2.68. The molecule has 0 spiro atoms. The van der Waals surface area contributed by atoms with Crippen molar-refractivity contribution >= 4 is 11.9 Å². The Hall–Kier alpha value is -1.06. The van der Waals surface area contributed by atoms with Crippen molar-refractivity contribution in [3.8, 4) is 0 Å². The Balaban J connectivity index is 1.95. The number of hydrogen-bond donors (Lipinski definition) is 0. The Bertz CT molecular complexity index is 296. The minimum absolute atomic E-state index is 0.0349. The maximum absolute atomic E-state index is 11.6. The van der Waals surface area contributed by atoms with E-state index in [1.54, 1.807) is 0 Å². The molecule has 18 heavy (non-hydrogen) atoms. The molecule has 2 rings (SSSR count). The minimum Gasteiger partial charge on any atom is -0.469 e. The second-order valence-electron chi connectivity index (χ2n) is 5.59. The molecular formula is C14H22O4. The molecule has 2 unspecified atom stereocenters. The molecule has 0 saturated heterocycles. The summed E-state index contributed by atoms with van der Waals surface area (Å²) in [7, 11) is 2.90. The van der Waals surface area contributed by atoms with E-state index in [2.05, 4.69) is 0 Å². The molecule has 0 amide bonds. The average molecular weight is 254 g/mol. The predicted molar refractivity (Wildman–Crippen MR) is 65.7 cm³/mol. The summed E-state index contributed by atoms with van der Waals surface area (Å²) in [6.45, 7) is 0. The van der Waals surface area contributed by atoms with Gasteiger partial charge in [-0.3, -0.25) is 9.59 Å². The molecule has 0 radical (unpaired) electrons. The second-order valence-corrected chi connectivity index (χ2v) is 5.59. The van der Waals surface area contributed by atoms with Crippen molar-refractivity contribution in [1.29, 1.82) is 0 Å². The maximum atomic E-state index is 11.6. The molecule has 2 aliphatic carbocycles. The molecule has 2 fully saturated rings. The molecule has 0 aromatic carbocycles. The fourth-order valence-electron chi connectivity index (χ4n) is 3.66. The fraction of sp³-hybridized carbons (Fsp3) is 0.857. The Morgan fingerprint density at radius 3 is 1.61 bits per heavy atom. The second kappa shape index (κ2) is 5.72. The van der Waals surface area contributed by atoms with E-state index in [1.807, 2.05) is 0 Å². The van der Waals surface area contributed by atoms with Gasteiger partial charge in [0.25, 0.3) is 0 Å². The summed E-state index contributed by atoms with van der Waals surface area (Å²) in [6.07, 6.45) is 5.83. The molecule has 2 saturated carbocycles. The minimum atomic E-state index is -0.0892. The summed E-state index contributed by atoms with van der Waals surface area (Å²) in [5.41, 5.74) is 0. The zero-order valence-electron chi connectivity index (χ0n) is 11.2. The van der Waals surface area contributed by atoms with Crippen molar-refractivity contribution in [3.05, 3.63) is 0 Å². The van der Waals surface area contributed by atoms with Gasteiger partial charge in [-0.25, -0.2) is 0 Å². The van der Waals surface area contributed by atoms with Crippen LogP contribution in [0, 0.1) is 23.7 Å². The van der Waals surface area contributed by atoms with Crippen molar-refractivity contribution in [2.75, 3.05) is 14.2 Å². The van der Waals surface area contributed by atoms with Crippen molar-refractivity contribution in [2.45, 2.75) is 38.5 Å². The third-order valence-electron chi connectivity index (χ3n) is 4.68. The number of carbonyl (C=O) groups excluding carboxylic acids is 2. The maximum Gasteiger partial charge on any atom is 0.308 e. The molecule has 0 aromatic rings. The van der Waals surface area contributed by atoms with Crippen LogP contribution in [0.25, 0.3) is 0 Å². The first-order valence-corrected chi connectivity index (χ1v) is 6.81. The Morgan fingerprint density at radius 2 is 1.22 bits per heavy atom. The fourth-order valence-corrected chi connectivity index (χ4v) is 3.66. The summed E-state index contributed by atoms with van der Waals surface area (Å²) < 4.78 is 9.67. The molecule has 0 heterocycles. The first kappa shape index (κ1) is 13.4. The van der Waals surface area contributed by atoms with Gasteiger partial charge in [0.1, 0.15) is 0 Å². The van der Waals surface area contributed by atoms with Crippen LogP contribution in [0.1, 0.15) is 38.5 Å². The van der Waals surface area contributed by atoms with Crippen molar-refractivity contribution in [2.24, 2.45) is 23.7 Å². The number of rotatable bonds is 2. The van der Waals surface area contributed by atoms with Crippen molar-refractivity contribution < 1.29 is 19.1 Å². The molecule has 0 N–H and O–H groups in total. The van der Waals surface area contributed by atoms with E-state index < -0.39 is 0 Å². The van der Waals surface area contributed by atoms with Gasteiger partial charge in [0.05, 0.1) is 26.1 Å². The summed E-state index contributed by atoms with van der Waals surface area (Å²) in [5.74, 6) is 1.06. The summed E-state index contributed by atoms with van der Waals surface area (Å²) in [4.78, 5) is 23.2. The molecule has 2 atom stereocenters. The lowest BCUT2D eigenvalue weighted by atomic mass is 9.65. The van der Waals surface area contributed by atoms with Crippen LogP contribution in [0.2, 0.25) is 0 Å². The van der Waals surface area contributed by atoms with Gasteiger partial charge in [0.2, 0.25) is 0 Å². The van der Waals surface area contributed by atoms with Crippen LogP contribution in [0.3, 0.4) is 0 Å². The quantitative estimate of drug-likeness (QED) is 0.709. The highest BCUT2D eigenvalue weighted by molar-refractivity contribution is 5.73. The van der Waals surface area contributed by atoms with E-state index in [0.717, 1.165) is 38.5 Å². The Kier molecular flexibility index (Phi) is 4.25. The van der Waals surface area contributed by atoms with Gasteiger partial charge >= 0.3 is 11.9 Å². The topological polar surface area (TPSA) is 52.6 Å². The molecule has 2 aliphatic rings. The summed E-state index contributed by atoms with van der Waals surface area (Å²) in [6, 6.07) is 0. The van der Waals surface area contributed by atoms with Gasteiger partial charge in [0.15, 0.2) is 0 Å². The largest absolute Gasteiger partial charge is 0.469 e. The summed E-state index contributed by atoms with van der Waals surface area (Å²) >= 11 is 0. The van der Waals surface area contributed by atoms with Crippen LogP contribution in [-0.4, -0.2) is 26.2 Å². The average Bonchev–Trinajstić information content (AvgIpc) is 2.44. The number of fused-ring (bicyclic) bond motifs is 1. The number of methoxy groups -OCH3 is 2. The number of esters is 2. The van der Waals surface area contributed by atoms with E-state index >= 15 is 0 Å². The number of hydrogen-bond acceptors (Lipinski definition) is 4. The molecule has 0 aromatic heterocycles. The standard InChI is InChI=1S/C14H22O4/c1-17-13(15)10-5-3-9-4-6-11(14(16)18-2)8-12(9)7-10/h9-12H,3-8H2,1-2H3. The lowest BCUT2D eigenvalue weighted by molar-refractivity contribution is -0.150. The van der Waals surface area contributed by atoms with E-state index in [0.29, 0.717) is 11.8 Å². The summed E-state index contributed by atoms with van der Waals surface area (Å²) in [5, 5.41) is 0. The lowest BCUT2D eigenvalue weighted by Gasteiger charge is -2.40. The molecule has 4 heteroatoms. The first-order chi connectivity index (χ1) is 8.65. The van der Waals surface area contributed by atoms with Crippen LogP contribution < -0.4 is 0 Å². The molecule has 102 valence electrons. The van der Waals surface area contributed by atoms with Gasteiger partial charge in [-0.15, -0.1) is 0 Å². The SMILES string of the molecule is COC(=O)C1CCC2CCC(C(=O)OC)CC2C1. The van der Waals surface area contributed by atoms with Crippen LogP contribution in [0.4, 0.5) is 0 Å². The predicted octanol–water partition coefficient (Wildman–Crippen LogP) is 2.17. The van der Waals surface area contributed by atoms with E-state index in [4.69, 9.17) is 9.47 Å². The number of carbonyl (C=O) groups is 2. The smallest absolute Gasteiger partial charge is 0.308 e. The number of ether oxygens (including phenoxy) is 2. The molecule has 0 aliphatic heterocycles. The van der Waals surface area contributed by atoms with Crippen molar-refractivity contribution in [1.82, 2.24) is 0 Å². The highest BCUT2D eigenvalue weighted by atomic mass is 16.5. The van der Waals surface area contributed by atoms with Crippen LogP contribution in [-0.2, 0) is 19.1 Å². The molecule has 4 nitrogen and oxygen atoms in total. The lowest BCUT2D eigenvalue weighted by Crippen LogP contribution is -2.36. The van der Waals surface area contributed by atoms with E-state index in [9.17, 15) is 9.59 Å². The van der Waals surface area contributed by atoms with Crippen LogP contribution in [0.5, 0.6) is 0 Å². The van der Waals surface area contributed by atoms with Crippen molar-refractivity contribution in [3.63, 3.8) is 0 Å². The van der Waals surface area contributed by atoms with E-state index in [1.165, 1.54) is 14.2 Å². The van der Waals surface area contributed by atoms with Crippen LogP contribution in [0.15, 0.2) is 0 Å². The highest BCUT2D eigenvalue weighted by Gasteiger charge is 2.40. The molecular weight excluding hydrogens is 232 g/mol. The van der Waals surface area contributed by atoms with Gasteiger partial charge in [0, 0.05) is 0 Å². The van der Waals surface area contributed by atoms with Gasteiger partial charge < -0.3 is 9.47 Å². The Morgan fingerprint density at radius 1 is 0.778 bits per heavy atom. The Labute approximate surface area is 108 Å². The van der Waals surface area contributed by atoms with Gasteiger partial charge in [-0.2, -0.15) is 0 Å². The zero-order chi connectivity index (χ0) is 13.1. The van der Waals surface area contributed by atoms with Crippen LogP contribution >= 0.6 is 0 Å². The monoisotopic (exact) mass is 254 g/mol. The normalized spacial score (nSPS) is 35.4. The van der Waals surface area contributed by atoms with Gasteiger partial charge in [-0.1, -0.05) is 0 Å². The van der Waals surface area contributed by atoms with Gasteiger partial charge in [-0.05, 0) is 50.4 Å². The first-order valence-electron chi connectivity index (χ1n) is 6.81. The zero-order valence-corrected chi connectivity index (χ0v) is 11.2. The molecule has 0 bridgehead atoms.